The molecule has 1 aromatic heterocycles. The molecule has 1 saturated heterocycles. The van der Waals surface area contributed by atoms with Crippen LogP contribution in [0.4, 0.5) is 0 Å². The SMILES string of the molecule is Cc1nc(C)c(C(=O)N2CCC3=NC(=O)C(C#N)C=C3C2)s1. The van der Waals surface area contributed by atoms with Gasteiger partial charge in [0.1, 0.15) is 10.8 Å². The summed E-state index contributed by atoms with van der Waals surface area (Å²) in [5.74, 6) is -1.29. The molecule has 0 N–H and O–H groups in total. The van der Waals surface area contributed by atoms with E-state index >= 15 is 0 Å². The molecule has 3 rings (SSSR count). The van der Waals surface area contributed by atoms with Gasteiger partial charge in [-0.2, -0.15) is 5.26 Å². The predicted octanol–water partition coefficient (Wildman–Crippen LogP) is 1.65. The zero-order valence-electron chi connectivity index (χ0n) is 12.3. The Morgan fingerprint density at radius 3 is 2.91 bits per heavy atom. The van der Waals surface area contributed by atoms with E-state index in [4.69, 9.17) is 5.26 Å². The van der Waals surface area contributed by atoms with Gasteiger partial charge < -0.3 is 4.90 Å². The highest BCUT2D eigenvalue weighted by atomic mass is 32.1. The van der Waals surface area contributed by atoms with Gasteiger partial charge in [-0.25, -0.2) is 9.98 Å². The van der Waals surface area contributed by atoms with Crippen molar-refractivity contribution in [1.29, 1.82) is 5.26 Å². The fraction of sp³-hybridized carbons (Fsp3) is 0.400. The number of fused-ring (bicyclic) bond motifs is 1. The molecular weight excluding hydrogens is 300 g/mol. The van der Waals surface area contributed by atoms with Crippen LogP contribution in [-0.4, -0.2) is 40.5 Å². The Morgan fingerprint density at radius 1 is 1.50 bits per heavy atom. The van der Waals surface area contributed by atoms with E-state index in [2.05, 4.69) is 9.98 Å². The molecule has 0 spiro atoms. The first-order chi connectivity index (χ1) is 10.5. The first kappa shape index (κ1) is 14.6. The molecule has 2 amide bonds. The van der Waals surface area contributed by atoms with Gasteiger partial charge in [0.05, 0.1) is 22.5 Å². The van der Waals surface area contributed by atoms with Crippen LogP contribution in [0.5, 0.6) is 0 Å². The number of thiazole rings is 1. The summed E-state index contributed by atoms with van der Waals surface area (Å²) in [4.78, 5) is 34.9. The van der Waals surface area contributed by atoms with Crippen LogP contribution in [-0.2, 0) is 4.79 Å². The van der Waals surface area contributed by atoms with Gasteiger partial charge in [-0.15, -0.1) is 11.3 Å². The molecule has 0 aliphatic carbocycles. The van der Waals surface area contributed by atoms with Gasteiger partial charge >= 0.3 is 0 Å². The predicted molar refractivity (Wildman–Crippen MR) is 81.7 cm³/mol. The van der Waals surface area contributed by atoms with Crippen molar-refractivity contribution < 1.29 is 9.59 Å². The largest absolute Gasteiger partial charge is 0.333 e. The van der Waals surface area contributed by atoms with Crippen LogP contribution in [0.25, 0.3) is 0 Å². The highest BCUT2D eigenvalue weighted by molar-refractivity contribution is 7.13. The maximum absolute atomic E-state index is 12.6. The number of amides is 2. The fourth-order valence-corrected chi connectivity index (χ4v) is 3.56. The lowest BCUT2D eigenvalue weighted by Gasteiger charge is -2.31. The van der Waals surface area contributed by atoms with E-state index in [1.165, 1.54) is 11.3 Å². The molecular formula is C15H14N4O2S. The van der Waals surface area contributed by atoms with Crippen molar-refractivity contribution in [2.24, 2.45) is 10.9 Å². The van der Waals surface area contributed by atoms with E-state index in [9.17, 15) is 9.59 Å². The molecule has 22 heavy (non-hydrogen) atoms. The Labute approximate surface area is 131 Å². The van der Waals surface area contributed by atoms with E-state index in [-0.39, 0.29) is 5.91 Å². The molecule has 0 bridgehead atoms. The van der Waals surface area contributed by atoms with Crippen molar-refractivity contribution in [3.05, 3.63) is 27.2 Å². The number of hydrogen-bond donors (Lipinski definition) is 0. The molecule has 7 heteroatoms. The lowest BCUT2D eigenvalue weighted by Crippen LogP contribution is -2.41. The van der Waals surface area contributed by atoms with Gasteiger partial charge in [-0.05, 0) is 19.4 Å². The minimum absolute atomic E-state index is 0.0477. The summed E-state index contributed by atoms with van der Waals surface area (Å²) in [6.07, 6.45) is 2.17. The number of nitrogens with zero attached hydrogens (tertiary/aromatic N) is 4. The Kier molecular flexibility index (Phi) is 3.62. The minimum atomic E-state index is -0.832. The summed E-state index contributed by atoms with van der Waals surface area (Å²) in [6, 6.07) is 1.93. The second-order valence-corrected chi connectivity index (χ2v) is 6.52. The molecule has 2 aliphatic rings. The Hall–Kier alpha value is -2.33. The number of carbonyl (C=O) groups excluding carboxylic acids is 2. The van der Waals surface area contributed by atoms with Gasteiger partial charge in [0.25, 0.3) is 11.8 Å². The molecule has 3 heterocycles. The lowest BCUT2D eigenvalue weighted by molar-refractivity contribution is -0.119. The van der Waals surface area contributed by atoms with Crippen LogP contribution >= 0.6 is 11.3 Å². The van der Waals surface area contributed by atoms with Crippen molar-refractivity contribution in [2.75, 3.05) is 13.1 Å². The van der Waals surface area contributed by atoms with Gasteiger partial charge in [0.2, 0.25) is 0 Å². The fourth-order valence-electron chi connectivity index (χ4n) is 2.67. The van der Waals surface area contributed by atoms with Crippen LogP contribution in [0.2, 0.25) is 0 Å². The van der Waals surface area contributed by atoms with Gasteiger partial charge in [-0.3, -0.25) is 9.59 Å². The van der Waals surface area contributed by atoms with E-state index in [0.717, 1.165) is 16.3 Å². The van der Waals surface area contributed by atoms with E-state index in [1.807, 2.05) is 19.9 Å². The molecule has 0 radical (unpaired) electrons. The third kappa shape index (κ3) is 2.46. The van der Waals surface area contributed by atoms with Crippen molar-refractivity contribution in [3.8, 4) is 6.07 Å². The molecule has 112 valence electrons. The number of piperidine rings is 1. The Morgan fingerprint density at radius 2 is 2.27 bits per heavy atom. The van der Waals surface area contributed by atoms with E-state index < -0.39 is 11.8 Å². The standard InChI is InChI=1S/C15H14N4O2S/c1-8-13(22-9(2)17-8)15(21)19-4-3-12-11(7-19)5-10(6-16)14(20)18-12/h5,10H,3-4,7H2,1-2H3. The molecule has 1 atom stereocenters. The topological polar surface area (TPSA) is 86.4 Å². The number of carbonyl (C=O) groups is 2. The lowest BCUT2D eigenvalue weighted by atomic mass is 9.94. The molecule has 6 nitrogen and oxygen atoms in total. The monoisotopic (exact) mass is 314 g/mol. The summed E-state index contributed by atoms with van der Waals surface area (Å²) in [5, 5.41) is 9.84. The summed E-state index contributed by atoms with van der Waals surface area (Å²) >= 11 is 1.39. The van der Waals surface area contributed by atoms with Crippen molar-refractivity contribution >= 4 is 28.9 Å². The number of aromatic nitrogens is 1. The highest BCUT2D eigenvalue weighted by Gasteiger charge is 2.31. The third-order valence-electron chi connectivity index (χ3n) is 3.75. The molecule has 1 fully saturated rings. The number of aryl methyl sites for hydroxylation is 2. The Bertz CT molecular complexity index is 769. The van der Waals surface area contributed by atoms with Crippen LogP contribution in [0.1, 0.15) is 26.8 Å². The average molecular weight is 314 g/mol. The second-order valence-electron chi connectivity index (χ2n) is 5.32. The number of rotatable bonds is 1. The summed E-state index contributed by atoms with van der Waals surface area (Å²) in [7, 11) is 0. The van der Waals surface area contributed by atoms with Crippen LogP contribution in [0.15, 0.2) is 16.6 Å². The summed E-state index contributed by atoms with van der Waals surface area (Å²) in [6.45, 7) is 4.62. The van der Waals surface area contributed by atoms with Gasteiger partial charge in [0.15, 0.2) is 0 Å². The van der Waals surface area contributed by atoms with Crippen LogP contribution in [0, 0.1) is 31.1 Å². The number of nitriles is 1. The molecule has 1 unspecified atom stereocenters. The van der Waals surface area contributed by atoms with Gasteiger partial charge in [-0.1, -0.05) is 6.08 Å². The maximum Gasteiger partial charge on any atom is 0.267 e. The number of hydrogen-bond acceptors (Lipinski definition) is 5. The molecule has 0 saturated carbocycles. The van der Waals surface area contributed by atoms with Crippen LogP contribution in [0.3, 0.4) is 0 Å². The van der Waals surface area contributed by atoms with Crippen molar-refractivity contribution in [2.45, 2.75) is 20.3 Å². The van der Waals surface area contributed by atoms with Gasteiger partial charge in [0, 0.05) is 19.5 Å². The van der Waals surface area contributed by atoms with E-state index in [0.29, 0.717) is 30.1 Å². The minimum Gasteiger partial charge on any atom is -0.333 e. The quantitative estimate of drug-likeness (QED) is 0.788. The van der Waals surface area contributed by atoms with Crippen molar-refractivity contribution in [3.63, 3.8) is 0 Å². The smallest absolute Gasteiger partial charge is 0.267 e. The van der Waals surface area contributed by atoms with E-state index in [1.54, 1.807) is 11.0 Å². The first-order valence-corrected chi connectivity index (χ1v) is 7.76. The highest BCUT2D eigenvalue weighted by Crippen LogP contribution is 2.25. The summed E-state index contributed by atoms with van der Waals surface area (Å²) in [5.41, 5.74) is 2.26. The first-order valence-electron chi connectivity index (χ1n) is 6.95. The summed E-state index contributed by atoms with van der Waals surface area (Å²) < 4.78 is 0. The zero-order chi connectivity index (χ0) is 15.9. The molecule has 2 aliphatic heterocycles. The van der Waals surface area contributed by atoms with Crippen molar-refractivity contribution in [1.82, 2.24) is 9.88 Å². The maximum atomic E-state index is 12.6. The molecule has 0 aromatic carbocycles. The average Bonchev–Trinajstić information content (AvgIpc) is 2.84. The number of aliphatic imine (C=N–C) groups is 1. The second kappa shape index (κ2) is 5.46. The Balaban J connectivity index is 1.84. The zero-order valence-corrected chi connectivity index (χ0v) is 13.1. The van der Waals surface area contributed by atoms with Crippen LogP contribution < -0.4 is 0 Å². The third-order valence-corrected chi connectivity index (χ3v) is 4.81. The molecule has 1 aromatic rings. The normalized spacial score (nSPS) is 20.9. The number of likely N-dealkylation sites (tertiary alicyclic amines) is 1. The number of dihydropyridines is 1.